The molecule has 0 amide bonds. The summed E-state index contributed by atoms with van der Waals surface area (Å²) in [6.45, 7) is 0. The standard InChI is InChI=1S/C15H13N5O3S/c16-15(17)19-24(22,23)11-7-5-10(6-8-11)20-9-18-13-4-2-1-3-12(13)14(20)21/h1-9H,(H4,16,17,19). The van der Waals surface area contributed by atoms with Gasteiger partial charge in [0.1, 0.15) is 6.33 Å². The molecular weight excluding hydrogens is 330 g/mol. The average molecular weight is 343 g/mol. The molecule has 0 radical (unpaired) electrons. The summed E-state index contributed by atoms with van der Waals surface area (Å²) in [5, 5.41) is 0.470. The summed E-state index contributed by atoms with van der Waals surface area (Å²) >= 11 is 0. The number of sulfonamides is 1. The van der Waals surface area contributed by atoms with Gasteiger partial charge in [-0.3, -0.25) is 9.36 Å². The van der Waals surface area contributed by atoms with E-state index < -0.39 is 16.0 Å². The van der Waals surface area contributed by atoms with Crippen molar-refractivity contribution in [2.75, 3.05) is 0 Å². The van der Waals surface area contributed by atoms with Gasteiger partial charge in [0.05, 0.1) is 21.5 Å². The Hall–Kier alpha value is -3.20. The first-order chi connectivity index (χ1) is 11.4. The summed E-state index contributed by atoms with van der Waals surface area (Å²) < 4.78 is 28.3. The van der Waals surface area contributed by atoms with Crippen molar-refractivity contribution in [1.29, 1.82) is 0 Å². The third kappa shape index (κ3) is 2.84. The number of aromatic nitrogens is 2. The largest absolute Gasteiger partial charge is 0.369 e. The molecule has 3 aromatic rings. The number of nitrogens with zero attached hydrogens (tertiary/aromatic N) is 3. The molecule has 3 rings (SSSR count). The monoisotopic (exact) mass is 343 g/mol. The van der Waals surface area contributed by atoms with Crippen LogP contribution in [0.1, 0.15) is 0 Å². The number of nitrogens with two attached hydrogens (primary N) is 2. The molecule has 1 aromatic heterocycles. The Bertz CT molecular complexity index is 1100. The maximum absolute atomic E-state index is 12.5. The van der Waals surface area contributed by atoms with Crippen LogP contribution in [0.25, 0.3) is 16.6 Å². The fourth-order valence-corrected chi connectivity index (χ4v) is 3.09. The molecule has 0 aliphatic carbocycles. The molecule has 0 bridgehead atoms. The highest BCUT2D eigenvalue weighted by Crippen LogP contribution is 2.15. The molecule has 122 valence electrons. The van der Waals surface area contributed by atoms with E-state index in [0.29, 0.717) is 16.6 Å². The van der Waals surface area contributed by atoms with Crippen molar-refractivity contribution in [3.05, 3.63) is 65.2 Å². The van der Waals surface area contributed by atoms with Crippen LogP contribution in [0, 0.1) is 0 Å². The van der Waals surface area contributed by atoms with E-state index in [9.17, 15) is 13.2 Å². The van der Waals surface area contributed by atoms with Crippen molar-refractivity contribution in [2.45, 2.75) is 4.90 Å². The van der Waals surface area contributed by atoms with Gasteiger partial charge in [-0.25, -0.2) is 4.98 Å². The number of para-hydroxylation sites is 1. The summed E-state index contributed by atoms with van der Waals surface area (Å²) in [4.78, 5) is 16.6. The lowest BCUT2D eigenvalue weighted by atomic mass is 10.2. The zero-order chi connectivity index (χ0) is 17.3. The summed E-state index contributed by atoms with van der Waals surface area (Å²) in [5.74, 6) is -0.547. The van der Waals surface area contributed by atoms with E-state index in [4.69, 9.17) is 11.5 Å². The van der Waals surface area contributed by atoms with E-state index in [2.05, 4.69) is 9.38 Å². The Morgan fingerprint density at radius 1 is 1.04 bits per heavy atom. The van der Waals surface area contributed by atoms with Crippen LogP contribution in [-0.4, -0.2) is 23.9 Å². The van der Waals surface area contributed by atoms with Crippen molar-refractivity contribution in [3.63, 3.8) is 0 Å². The maximum atomic E-state index is 12.5. The van der Waals surface area contributed by atoms with Crippen molar-refractivity contribution in [1.82, 2.24) is 9.55 Å². The molecule has 0 spiro atoms. The van der Waals surface area contributed by atoms with Gasteiger partial charge < -0.3 is 11.5 Å². The molecule has 24 heavy (non-hydrogen) atoms. The van der Waals surface area contributed by atoms with Crippen LogP contribution in [0.15, 0.2) is 68.9 Å². The lowest BCUT2D eigenvalue weighted by molar-refractivity contribution is 0.598. The molecule has 2 aromatic carbocycles. The van der Waals surface area contributed by atoms with Crippen molar-refractivity contribution >= 4 is 26.9 Å². The minimum Gasteiger partial charge on any atom is -0.369 e. The SMILES string of the molecule is NC(N)=NS(=O)(=O)c1ccc(-n2cnc3ccccc3c2=O)cc1. The molecule has 0 unspecified atom stereocenters. The van der Waals surface area contributed by atoms with Gasteiger partial charge in [-0.05, 0) is 36.4 Å². The van der Waals surface area contributed by atoms with E-state index >= 15 is 0 Å². The second-order valence-electron chi connectivity index (χ2n) is 4.92. The molecule has 0 atom stereocenters. The number of rotatable bonds is 3. The number of fused-ring (bicyclic) bond motifs is 1. The molecule has 0 fully saturated rings. The molecule has 9 heteroatoms. The van der Waals surface area contributed by atoms with Gasteiger partial charge >= 0.3 is 0 Å². The van der Waals surface area contributed by atoms with Gasteiger partial charge in [0.15, 0.2) is 0 Å². The Labute approximate surface area is 137 Å². The van der Waals surface area contributed by atoms with E-state index in [1.165, 1.54) is 35.2 Å². The highest BCUT2D eigenvalue weighted by Gasteiger charge is 2.13. The highest BCUT2D eigenvalue weighted by atomic mass is 32.2. The van der Waals surface area contributed by atoms with Crippen LogP contribution in [0.5, 0.6) is 0 Å². The molecule has 4 N–H and O–H groups in total. The normalized spacial score (nSPS) is 11.3. The predicted molar refractivity (Wildman–Crippen MR) is 90.3 cm³/mol. The summed E-state index contributed by atoms with van der Waals surface area (Å²) in [7, 11) is -3.97. The van der Waals surface area contributed by atoms with Crippen molar-refractivity contribution < 1.29 is 8.42 Å². The van der Waals surface area contributed by atoms with Crippen LogP contribution < -0.4 is 17.0 Å². The van der Waals surface area contributed by atoms with E-state index in [1.54, 1.807) is 24.3 Å². The molecule has 8 nitrogen and oxygen atoms in total. The lowest BCUT2D eigenvalue weighted by Crippen LogP contribution is -2.24. The van der Waals surface area contributed by atoms with E-state index in [0.717, 1.165) is 0 Å². The third-order valence-electron chi connectivity index (χ3n) is 3.30. The van der Waals surface area contributed by atoms with Crippen LogP contribution in [0.3, 0.4) is 0 Å². The van der Waals surface area contributed by atoms with Crippen LogP contribution in [-0.2, 0) is 10.0 Å². The molecular formula is C15H13N5O3S. The highest BCUT2D eigenvalue weighted by molar-refractivity contribution is 7.90. The zero-order valence-electron chi connectivity index (χ0n) is 12.3. The predicted octanol–water partition coefficient (Wildman–Crippen LogP) is 0.348. The number of benzene rings is 2. The van der Waals surface area contributed by atoms with Gasteiger partial charge in [0.2, 0.25) is 5.96 Å². The molecule has 0 saturated carbocycles. The quantitative estimate of drug-likeness (QED) is 0.520. The third-order valence-corrected chi connectivity index (χ3v) is 4.62. The fraction of sp³-hybridized carbons (Fsp3) is 0. The van der Waals surface area contributed by atoms with Crippen molar-refractivity contribution in [2.24, 2.45) is 15.9 Å². The minimum atomic E-state index is -3.97. The Kier molecular flexibility index (Phi) is 3.78. The summed E-state index contributed by atoms with van der Waals surface area (Å²) in [5.41, 5.74) is 11.0. The second kappa shape index (κ2) is 5.78. The van der Waals surface area contributed by atoms with Gasteiger partial charge in [-0.15, -0.1) is 4.40 Å². The second-order valence-corrected chi connectivity index (χ2v) is 6.53. The van der Waals surface area contributed by atoms with Crippen LogP contribution >= 0.6 is 0 Å². The fourth-order valence-electron chi connectivity index (χ4n) is 2.22. The maximum Gasteiger partial charge on any atom is 0.285 e. The Balaban J connectivity index is 2.08. The lowest BCUT2D eigenvalue weighted by Gasteiger charge is -2.07. The molecule has 0 saturated heterocycles. The first-order valence-corrected chi connectivity index (χ1v) is 8.25. The smallest absolute Gasteiger partial charge is 0.285 e. The number of guanidine groups is 1. The molecule has 1 heterocycles. The zero-order valence-corrected chi connectivity index (χ0v) is 13.1. The minimum absolute atomic E-state index is 0.0820. The molecule has 0 aliphatic rings. The first kappa shape index (κ1) is 15.7. The van der Waals surface area contributed by atoms with E-state index in [1.807, 2.05) is 0 Å². The average Bonchev–Trinajstić information content (AvgIpc) is 2.54. The van der Waals surface area contributed by atoms with Gasteiger partial charge in [-0.2, -0.15) is 8.42 Å². The van der Waals surface area contributed by atoms with Crippen LogP contribution in [0.2, 0.25) is 0 Å². The van der Waals surface area contributed by atoms with Gasteiger partial charge in [0.25, 0.3) is 15.6 Å². The first-order valence-electron chi connectivity index (χ1n) is 6.81. The number of hydrogen-bond acceptors (Lipinski definition) is 4. The summed E-state index contributed by atoms with van der Waals surface area (Å²) in [6.07, 6.45) is 1.39. The molecule has 0 aliphatic heterocycles. The Morgan fingerprint density at radius 2 is 1.71 bits per heavy atom. The van der Waals surface area contributed by atoms with E-state index in [-0.39, 0.29) is 10.5 Å². The van der Waals surface area contributed by atoms with Gasteiger partial charge in [0, 0.05) is 0 Å². The van der Waals surface area contributed by atoms with Gasteiger partial charge in [-0.1, -0.05) is 12.1 Å². The van der Waals surface area contributed by atoms with Crippen molar-refractivity contribution in [3.8, 4) is 5.69 Å². The number of hydrogen-bond donors (Lipinski definition) is 2. The topological polar surface area (TPSA) is 133 Å². The van der Waals surface area contributed by atoms with Crippen LogP contribution in [0.4, 0.5) is 0 Å². The Morgan fingerprint density at radius 3 is 2.38 bits per heavy atom. The summed E-state index contributed by atoms with van der Waals surface area (Å²) in [6, 6.07) is 12.6.